The van der Waals surface area contributed by atoms with Crippen molar-refractivity contribution >= 4 is 44.9 Å². The molecule has 2 amide bonds. The van der Waals surface area contributed by atoms with E-state index in [1.54, 1.807) is 19.1 Å². The minimum atomic E-state index is -0.405. The fraction of sp³-hybridized carbons (Fsp3) is 0.174. The number of aryl methyl sites for hydroxylation is 4. The van der Waals surface area contributed by atoms with Gasteiger partial charge in [-0.1, -0.05) is 47.2 Å². The molecule has 2 aromatic heterocycles. The van der Waals surface area contributed by atoms with Crippen LogP contribution in [-0.4, -0.2) is 16.8 Å². The average molecular weight is 420 g/mol. The maximum Gasteiger partial charge on any atom is 0.293 e. The number of rotatable bonds is 4. The van der Waals surface area contributed by atoms with Crippen molar-refractivity contribution in [3.63, 3.8) is 0 Å². The number of furan rings is 1. The molecule has 2 aromatic carbocycles. The molecular weight excluding hydrogens is 398 g/mol. The lowest BCUT2D eigenvalue weighted by atomic mass is 10.1. The summed E-state index contributed by atoms with van der Waals surface area (Å²) in [6, 6.07) is 13.1. The predicted molar refractivity (Wildman–Crippen MR) is 120 cm³/mol. The van der Waals surface area contributed by atoms with Crippen molar-refractivity contribution in [3.05, 3.63) is 75.5 Å². The Morgan fingerprint density at radius 2 is 1.63 bits per heavy atom. The largest absolute Gasteiger partial charge is 0.451 e. The fourth-order valence-electron chi connectivity index (χ4n) is 3.46. The van der Waals surface area contributed by atoms with Crippen LogP contribution in [0, 0.1) is 27.7 Å². The predicted octanol–water partition coefficient (Wildman–Crippen LogP) is 5.63. The molecule has 7 heteroatoms. The van der Waals surface area contributed by atoms with Crippen molar-refractivity contribution in [1.29, 1.82) is 0 Å². The second kappa shape index (κ2) is 7.76. The van der Waals surface area contributed by atoms with E-state index < -0.39 is 5.91 Å². The van der Waals surface area contributed by atoms with E-state index in [0.717, 1.165) is 39.1 Å². The van der Waals surface area contributed by atoms with Crippen molar-refractivity contribution in [2.45, 2.75) is 27.7 Å². The lowest BCUT2D eigenvalue weighted by Crippen LogP contribution is -2.13. The zero-order valence-corrected chi connectivity index (χ0v) is 17.9. The third-order valence-corrected chi connectivity index (χ3v) is 5.86. The van der Waals surface area contributed by atoms with Gasteiger partial charge in [0.1, 0.15) is 10.5 Å². The van der Waals surface area contributed by atoms with Gasteiger partial charge in [-0.3, -0.25) is 14.9 Å². The number of aromatic nitrogens is 1. The highest BCUT2D eigenvalue weighted by Gasteiger charge is 2.20. The Kier molecular flexibility index (Phi) is 5.13. The normalized spacial score (nSPS) is 10.9. The Morgan fingerprint density at radius 1 is 0.933 bits per heavy atom. The SMILES string of the molecule is Cc1cc(C)c(NC(=O)c2sc(NC(=O)c3cc4ccccc4o3)nc2C)c(C)c1. The molecule has 0 spiro atoms. The summed E-state index contributed by atoms with van der Waals surface area (Å²) in [5.41, 5.74) is 5.14. The Hall–Kier alpha value is -3.45. The Morgan fingerprint density at radius 3 is 2.33 bits per heavy atom. The van der Waals surface area contributed by atoms with Crippen molar-refractivity contribution < 1.29 is 14.0 Å². The first-order valence-electron chi connectivity index (χ1n) is 9.48. The number of nitrogens with zero attached hydrogens (tertiary/aromatic N) is 1. The minimum absolute atomic E-state index is 0.195. The van der Waals surface area contributed by atoms with E-state index in [1.165, 1.54) is 0 Å². The summed E-state index contributed by atoms with van der Waals surface area (Å²) >= 11 is 1.13. The topological polar surface area (TPSA) is 84.2 Å². The molecule has 0 radical (unpaired) electrons. The van der Waals surface area contributed by atoms with Crippen molar-refractivity contribution in [3.8, 4) is 0 Å². The molecule has 0 atom stereocenters. The molecular formula is C23H21N3O3S. The number of carbonyl (C=O) groups is 2. The van der Waals surface area contributed by atoms with E-state index in [4.69, 9.17) is 4.42 Å². The molecule has 6 nitrogen and oxygen atoms in total. The van der Waals surface area contributed by atoms with E-state index >= 15 is 0 Å². The molecule has 30 heavy (non-hydrogen) atoms. The zero-order valence-electron chi connectivity index (χ0n) is 17.1. The number of thiazole rings is 1. The van der Waals surface area contributed by atoms with E-state index in [-0.39, 0.29) is 11.7 Å². The summed E-state index contributed by atoms with van der Waals surface area (Å²) in [7, 11) is 0. The monoisotopic (exact) mass is 419 g/mol. The van der Waals surface area contributed by atoms with E-state index in [1.807, 2.05) is 51.1 Å². The number of hydrogen-bond acceptors (Lipinski definition) is 5. The first-order valence-corrected chi connectivity index (χ1v) is 10.3. The van der Waals surface area contributed by atoms with Gasteiger partial charge in [0.05, 0.1) is 5.69 Å². The maximum atomic E-state index is 12.8. The number of carbonyl (C=O) groups excluding carboxylic acids is 2. The highest BCUT2D eigenvalue weighted by Crippen LogP contribution is 2.27. The van der Waals surface area contributed by atoms with Gasteiger partial charge in [0.2, 0.25) is 0 Å². The number of nitrogens with one attached hydrogen (secondary N) is 2. The first-order chi connectivity index (χ1) is 14.3. The van der Waals surface area contributed by atoms with Gasteiger partial charge >= 0.3 is 0 Å². The number of anilines is 2. The molecule has 0 bridgehead atoms. The standard InChI is InChI=1S/C23H21N3O3S/c1-12-9-13(2)19(14(3)10-12)25-22(28)20-15(4)24-23(30-20)26-21(27)18-11-16-7-5-6-8-17(16)29-18/h5-11H,1-4H3,(H,25,28)(H,24,26,27). The van der Waals surface area contributed by atoms with Crippen LogP contribution in [0.4, 0.5) is 10.8 Å². The summed E-state index contributed by atoms with van der Waals surface area (Å²) in [4.78, 5) is 30.2. The molecule has 0 aliphatic carbocycles. The summed E-state index contributed by atoms with van der Waals surface area (Å²) in [6.07, 6.45) is 0. The second-order valence-corrected chi connectivity index (χ2v) is 8.26. The number of amides is 2. The number of para-hydroxylation sites is 1. The molecule has 2 N–H and O–H groups in total. The van der Waals surface area contributed by atoms with E-state index in [0.29, 0.717) is 21.3 Å². The summed E-state index contributed by atoms with van der Waals surface area (Å²) in [5.74, 6) is -0.456. The lowest BCUT2D eigenvalue weighted by Gasteiger charge is -2.12. The van der Waals surface area contributed by atoms with Crippen LogP contribution >= 0.6 is 11.3 Å². The molecule has 4 rings (SSSR count). The summed E-state index contributed by atoms with van der Waals surface area (Å²) in [5, 5.41) is 6.90. The third kappa shape index (κ3) is 3.84. The molecule has 0 unspecified atom stereocenters. The van der Waals surface area contributed by atoms with Gasteiger partial charge < -0.3 is 9.73 Å². The highest BCUT2D eigenvalue weighted by atomic mass is 32.1. The van der Waals surface area contributed by atoms with Crippen molar-refractivity contribution in [1.82, 2.24) is 4.98 Å². The van der Waals surface area contributed by atoms with Gasteiger partial charge in [-0.15, -0.1) is 0 Å². The van der Waals surface area contributed by atoms with Gasteiger partial charge in [0.25, 0.3) is 11.8 Å². The molecule has 0 aliphatic rings. The van der Waals surface area contributed by atoms with Crippen LogP contribution in [0.5, 0.6) is 0 Å². The van der Waals surface area contributed by atoms with Gasteiger partial charge in [0.15, 0.2) is 10.9 Å². The molecule has 0 saturated heterocycles. The number of benzene rings is 2. The lowest BCUT2D eigenvalue weighted by molar-refractivity contribution is 0.0996. The van der Waals surface area contributed by atoms with Gasteiger partial charge in [-0.2, -0.15) is 0 Å². The van der Waals surface area contributed by atoms with Crippen LogP contribution in [0.3, 0.4) is 0 Å². The van der Waals surface area contributed by atoms with Crippen LogP contribution in [0.1, 0.15) is 42.6 Å². The van der Waals surface area contributed by atoms with Gasteiger partial charge in [-0.25, -0.2) is 4.98 Å². The maximum absolute atomic E-state index is 12.8. The van der Waals surface area contributed by atoms with Gasteiger partial charge in [-0.05, 0) is 51.0 Å². The molecule has 0 fully saturated rings. The second-order valence-electron chi connectivity index (χ2n) is 7.26. The Bertz CT molecular complexity index is 1230. The third-order valence-electron chi connectivity index (χ3n) is 4.79. The molecule has 0 saturated carbocycles. The number of hydrogen-bond donors (Lipinski definition) is 2. The molecule has 152 valence electrons. The number of fused-ring (bicyclic) bond motifs is 1. The van der Waals surface area contributed by atoms with Gasteiger partial charge in [0, 0.05) is 11.1 Å². The Balaban J connectivity index is 1.53. The Labute approximate surface area is 177 Å². The smallest absolute Gasteiger partial charge is 0.293 e. The first kappa shape index (κ1) is 19.8. The van der Waals surface area contributed by atoms with Crippen molar-refractivity contribution in [2.24, 2.45) is 0 Å². The van der Waals surface area contributed by atoms with E-state index in [9.17, 15) is 9.59 Å². The molecule has 4 aromatic rings. The summed E-state index contributed by atoms with van der Waals surface area (Å²) < 4.78 is 5.59. The van der Waals surface area contributed by atoms with Crippen LogP contribution in [0.25, 0.3) is 11.0 Å². The summed E-state index contributed by atoms with van der Waals surface area (Å²) in [6.45, 7) is 7.70. The van der Waals surface area contributed by atoms with Crippen LogP contribution < -0.4 is 10.6 Å². The fourth-order valence-corrected chi connectivity index (χ4v) is 4.32. The van der Waals surface area contributed by atoms with Crippen LogP contribution in [0.15, 0.2) is 46.9 Å². The van der Waals surface area contributed by atoms with Crippen LogP contribution in [0.2, 0.25) is 0 Å². The minimum Gasteiger partial charge on any atom is -0.451 e. The molecule has 2 heterocycles. The zero-order chi connectivity index (χ0) is 21.4. The van der Waals surface area contributed by atoms with E-state index in [2.05, 4.69) is 15.6 Å². The van der Waals surface area contributed by atoms with Crippen LogP contribution in [-0.2, 0) is 0 Å². The highest BCUT2D eigenvalue weighted by molar-refractivity contribution is 7.17. The molecule has 0 aliphatic heterocycles. The average Bonchev–Trinajstić information content (AvgIpc) is 3.28. The quantitative estimate of drug-likeness (QED) is 0.449. The van der Waals surface area contributed by atoms with Crippen molar-refractivity contribution in [2.75, 3.05) is 10.6 Å².